The standard InChI is InChI=1S/C19H25N3O4/c23-18(20-15-5-6-16-17(10-15)26-9-8-25-16)12-22-7-1-2-13(11-22)19(24)21-14-3-4-14/h5-6,10,13-14H,1-4,7-9,11-12H2,(H,20,23)(H,21,24). The molecule has 2 amide bonds. The molecule has 4 rings (SSSR count). The fourth-order valence-corrected chi connectivity index (χ4v) is 3.48. The van der Waals surface area contributed by atoms with Gasteiger partial charge in [-0.25, -0.2) is 0 Å². The number of fused-ring (bicyclic) bond motifs is 1. The summed E-state index contributed by atoms with van der Waals surface area (Å²) in [7, 11) is 0. The van der Waals surface area contributed by atoms with E-state index in [1.807, 2.05) is 12.1 Å². The van der Waals surface area contributed by atoms with Crippen molar-refractivity contribution in [2.24, 2.45) is 5.92 Å². The molecule has 1 aromatic rings. The highest BCUT2D eigenvalue weighted by Crippen LogP contribution is 2.32. The average molecular weight is 359 g/mol. The van der Waals surface area contributed by atoms with Gasteiger partial charge in [-0.1, -0.05) is 0 Å². The van der Waals surface area contributed by atoms with Crippen LogP contribution in [0.2, 0.25) is 0 Å². The highest BCUT2D eigenvalue weighted by atomic mass is 16.6. The Morgan fingerprint density at radius 3 is 2.73 bits per heavy atom. The lowest BCUT2D eigenvalue weighted by atomic mass is 9.97. The van der Waals surface area contributed by atoms with E-state index in [2.05, 4.69) is 15.5 Å². The summed E-state index contributed by atoms with van der Waals surface area (Å²) < 4.78 is 11.0. The van der Waals surface area contributed by atoms with Gasteiger partial charge in [0.15, 0.2) is 11.5 Å². The minimum Gasteiger partial charge on any atom is -0.486 e. The predicted molar refractivity (Wildman–Crippen MR) is 96.4 cm³/mol. The molecule has 0 radical (unpaired) electrons. The number of rotatable bonds is 5. The van der Waals surface area contributed by atoms with Crippen LogP contribution in [0.1, 0.15) is 25.7 Å². The second-order valence-corrected chi connectivity index (χ2v) is 7.26. The summed E-state index contributed by atoms with van der Waals surface area (Å²) in [5, 5.41) is 5.98. The van der Waals surface area contributed by atoms with E-state index in [-0.39, 0.29) is 17.7 Å². The second kappa shape index (κ2) is 7.53. The summed E-state index contributed by atoms with van der Waals surface area (Å²) in [6.45, 7) is 2.85. The third kappa shape index (κ3) is 4.27. The molecule has 1 saturated carbocycles. The summed E-state index contributed by atoms with van der Waals surface area (Å²) in [5.74, 6) is 1.42. The van der Waals surface area contributed by atoms with E-state index in [9.17, 15) is 9.59 Å². The summed E-state index contributed by atoms with van der Waals surface area (Å²) in [6.07, 6.45) is 4.04. The molecule has 2 fully saturated rings. The van der Waals surface area contributed by atoms with Gasteiger partial charge < -0.3 is 20.1 Å². The maximum atomic E-state index is 12.4. The molecule has 0 spiro atoms. The zero-order chi connectivity index (χ0) is 17.9. The van der Waals surface area contributed by atoms with Crippen LogP contribution in [0.3, 0.4) is 0 Å². The number of ether oxygens (including phenoxy) is 2. The Morgan fingerprint density at radius 2 is 1.92 bits per heavy atom. The highest BCUT2D eigenvalue weighted by molar-refractivity contribution is 5.92. The molecule has 0 bridgehead atoms. The molecule has 140 valence electrons. The first-order valence-corrected chi connectivity index (χ1v) is 9.39. The van der Waals surface area contributed by atoms with Crippen molar-refractivity contribution in [2.75, 3.05) is 38.2 Å². The molecule has 1 unspecified atom stereocenters. The SMILES string of the molecule is O=C(CN1CCCC(C(=O)NC2CC2)C1)Nc1ccc2c(c1)OCCO2. The van der Waals surface area contributed by atoms with Crippen molar-refractivity contribution in [3.63, 3.8) is 0 Å². The third-order valence-electron chi connectivity index (χ3n) is 4.99. The van der Waals surface area contributed by atoms with E-state index in [0.29, 0.717) is 49.5 Å². The first-order valence-electron chi connectivity index (χ1n) is 9.39. The van der Waals surface area contributed by atoms with Gasteiger partial charge in [0, 0.05) is 24.3 Å². The van der Waals surface area contributed by atoms with Gasteiger partial charge in [0.1, 0.15) is 13.2 Å². The molecule has 7 nitrogen and oxygen atoms in total. The van der Waals surface area contributed by atoms with E-state index in [1.165, 1.54) is 0 Å². The van der Waals surface area contributed by atoms with Crippen molar-refractivity contribution >= 4 is 17.5 Å². The molecule has 2 N–H and O–H groups in total. The Hall–Kier alpha value is -2.28. The van der Waals surface area contributed by atoms with Gasteiger partial charge in [-0.2, -0.15) is 0 Å². The van der Waals surface area contributed by atoms with E-state index in [0.717, 1.165) is 32.2 Å². The van der Waals surface area contributed by atoms with Crippen molar-refractivity contribution in [1.82, 2.24) is 10.2 Å². The van der Waals surface area contributed by atoms with Crippen molar-refractivity contribution < 1.29 is 19.1 Å². The van der Waals surface area contributed by atoms with Crippen molar-refractivity contribution in [2.45, 2.75) is 31.7 Å². The molecule has 3 aliphatic rings. The molecule has 7 heteroatoms. The quantitative estimate of drug-likeness (QED) is 0.830. The van der Waals surface area contributed by atoms with Gasteiger partial charge in [-0.05, 0) is 44.4 Å². The van der Waals surface area contributed by atoms with Crippen LogP contribution in [0.5, 0.6) is 11.5 Å². The highest BCUT2D eigenvalue weighted by Gasteiger charge is 2.30. The number of likely N-dealkylation sites (tertiary alicyclic amines) is 1. The molecule has 1 aromatic carbocycles. The van der Waals surface area contributed by atoms with E-state index < -0.39 is 0 Å². The summed E-state index contributed by atoms with van der Waals surface area (Å²) in [4.78, 5) is 26.7. The van der Waals surface area contributed by atoms with Crippen molar-refractivity contribution in [3.05, 3.63) is 18.2 Å². The number of hydrogen-bond donors (Lipinski definition) is 2. The Balaban J connectivity index is 1.29. The Bertz CT molecular complexity index is 689. The third-order valence-corrected chi connectivity index (χ3v) is 4.99. The summed E-state index contributed by atoms with van der Waals surface area (Å²) in [6, 6.07) is 5.79. The zero-order valence-corrected chi connectivity index (χ0v) is 14.8. The van der Waals surface area contributed by atoms with Crippen LogP contribution in [0.25, 0.3) is 0 Å². The number of anilines is 1. The van der Waals surface area contributed by atoms with E-state index in [1.54, 1.807) is 6.07 Å². The predicted octanol–water partition coefficient (Wildman–Crippen LogP) is 1.39. The number of carbonyl (C=O) groups is 2. The number of benzene rings is 1. The fraction of sp³-hybridized carbons (Fsp3) is 0.579. The van der Waals surface area contributed by atoms with E-state index in [4.69, 9.17) is 9.47 Å². The second-order valence-electron chi connectivity index (χ2n) is 7.26. The number of nitrogens with zero attached hydrogens (tertiary/aromatic N) is 1. The van der Waals surface area contributed by atoms with Crippen LogP contribution in [-0.4, -0.2) is 55.6 Å². The summed E-state index contributed by atoms with van der Waals surface area (Å²) in [5.41, 5.74) is 0.694. The van der Waals surface area contributed by atoms with Gasteiger partial charge in [-0.15, -0.1) is 0 Å². The van der Waals surface area contributed by atoms with Gasteiger partial charge in [0.25, 0.3) is 0 Å². The molecular formula is C19H25N3O4. The molecular weight excluding hydrogens is 334 g/mol. The Kier molecular flexibility index (Phi) is 4.97. The average Bonchev–Trinajstić information content (AvgIpc) is 3.45. The first-order chi connectivity index (χ1) is 12.7. The number of nitrogens with one attached hydrogen (secondary N) is 2. The number of amides is 2. The molecule has 1 saturated heterocycles. The topological polar surface area (TPSA) is 79.9 Å². The fourth-order valence-electron chi connectivity index (χ4n) is 3.48. The Labute approximate surface area is 153 Å². The van der Waals surface area contributed by atoms with Crippen LogP contribution in [0, 0.1) is 5.92 Å². The van der Waals surface area contributed by atoms with Crippen molar-refractivity contribution in [3.8, 4) is 11.5 Å². The molecule has 2 heterocycles. The van der Waals surface area contributed by atoms with Gasteiger partial charge in [-0.3, -0.25) is 14.5 Å². The molecule has 0 aromatic heterocycles. The minimum absolute atomic E-state index is 0.00792. The van der Waals surface area contributed by atoms with Crippen LogP contribution in [0.4, 0.5) is 5.69 Å². The van der Waals surface area contributed by atoms with Crippen LogP contribution in [-0.2, 0) is 9.59 Å². The van der Waals surface area contributed by atoms with Crippen LogP contribution in [0.15, 0.2) is 18.2 Å². The minimum atomic E-state index is -0.0788. The maximum absolute atomic E-state index is 12.4. The van der Waals surface area contributed by atoms with Gasteiger partial charge >= 0.3 is 0 Å². The first kappa shape index (κ1) is 17.1. The maximum Gasteiger partial charge on any atom is 0.238 e. The van der Waals surface area contributed by atoms with Gasteiger partial charge in [0.05, 0.1) is 12.5 Å². The zero-order valence-electron chi connectivity index (χ0n) is 14.8. The number of hydrogen-bond acceptors (Lipinski definition) is 5. The monoisotopic (exact) mass is 359 g/mol. The molecule has 26 heavy (non-hydrogen) atoms. The van der Waals surface area contributed by atoms with Crippen molar-refractivity contribution in [1.29, 1.82) is 0 Å². The lowest BCUT2D eigenvalue weighted by Gasteiger charge is -2.31. The lowest BCUT2D eigenvalue weighted by Crippen LogP contribution is -2.45. The number of piperidine rings is 1. The van der Waals surface area contributed by atoms with Crippen LogP contribution < -0.4 is 20.1 Å². The molecule has 1 aliphatic carbocycles. The largest absolute Gasteiger partial charge is 0.486 e. The van der Waals surface area contributed by atoms with Gasteiger partial charge in [0.2, 0.25) is 11.8 Å². The smallest absolute Gasteiger partial charge is 0.238 e. The Morgan fingerprint density at radius 1 is 1.12 bits per heavy atom. The number of carbonyl (C=O) groups excluding carboxylic acids is 2. The lowest BCUT2D eigenvalue weighted by molar-refractivity contribution is -0.128. The van der Waals surface area contributed by atoms with Crippen LogP contribution >= 0.6 is 0 Å². The normalized spacial score (nSPS) is 22.5. The summed E-state index contributed by atoms with van der Waals surface area (Å²) >= 11 is 0. The molecule has 2 aliphatic heterocycles. The molecule has 1 atom stereocenters. The van der Waals surface area contributed by atoms with E-state index >= 15 is 0 Å².